The van der Waals surface area contributed by atoms with E-state index < -0.39 is 0 Å². The van der Waals surface area contributed by atoms with E-state index in [1.807, 2.05) is 12.1 Å². The second-order valence-electron chi connectivity index (χ2n) is 6.44. The number of nitrogens with zero attached hydrogens (tertiary/aromatic N) is 1. The van der Waals surface area contributed by atoms with Gasteiger partial charge in [-0.2, -0.15) is 0 Å². The molecule has 0 bridgehead atoms. The lowest BCUT2D eigenvalue weighted by Crippen LogP contribution is -2.23. The first-order valence-corrected chi connectivity index (χ1v) is 8.16. The van der Waals surface area contributed by atoms with Gasteiger partial charge >= 0.3 is 0 Å². The molecular formula is C19H20FN3. The molecule has 0 saturated heterocycles. The lowest BCUT2D eigenvalue weighted by Gasteiger charge is -2.08. The molecule has 0 spiro atoms. The number of halogens is 1. The number of benzene rings is 2. The van der Waals surface area contributed by atoms with Gasteiger partial charge in [-0.15, -0.1) is 0 Å². The van der Waals surface area contributed by atoms with Crippen LogP contribution in [0.15, 0.2) is 47.5 Å². The number of nitrogens with two attached hydrogens (primary N) is 1. The van der Waals surface area contributed by atoms with Crippen LogP contribution in [0.4, 0.5) is 10.1 Å². The summed E-state index contributed by atoms with van der Waals surface area (Å²) in [4.78, 5) is 4.55. The summed E-state index contributed by atoms with van der Waals surface area (Å²) < 4.78 is 13.0. The summed E-state index contributed by atoms with van der Waals surface area (Å²) in [6.07, 6.45) is 4.54. The number of hydrogen-bond donors (Lipinski definition) is 2. The number of anilines is 1. The van der Waals surface area contributed by atoms with E-state index in [0.717, 1.165) is 24.1 Å². The smallest absolute Gasteiger partial charge is 0.193 e. The Labute approximate surface area is 135 Å². The average Bonchev–Trinajstić information content (AvgIpc) is 3.13. The maximum Gasteiger partial charge on any atom is 0.193 e. The van der Waals surface area contributed by atoms with Gasteiger partial charge in [-0.25, -0.2) is 9.38 Å². The molecule has 1 fully saturated rings. The SMILES string of the molecule is NC(=N[C@@H]1C[C@H]1c1ccc(F)cc1)Nc1ccc2c(c1)CCC2. The summed E-state index contributed by atoms with van der Waals surface area (Å²) in [5.41, 5.74) is 11.0. The summed E-state index contributed by atoms with van der Waals surface area (Å²) in [5, 5.41) is 3.19. The molecule has 118 valence electrons. The Morgan fingerprint density at radius 2 is 1.87 bits per heavy atom. The Kier molecular flexibility index (Phi) is 3.52. The van der Waals surface area contributed by atoms with Crippen LogP contribution in [-0.2, 0) is 12.8 Å². The normalized spacial score (nSPS) is 22.7. The fourth-order valence-electron chi connectivity index (χ4n) is 3.40. The standard InChI is InChI=1S/C19H20FN3/c20-15-7-4-13(5-8-15)17-11-18(17)23-19(21)22-16-9-6-12-2-1-3-14(12)10-16/h4-10,17-18H,1-3,11H2,(H3,21,22,23)/t17-,18+/m0/s1. The number of guanidine groups is 1. The van der Waals surface area contributed by atoms with Crippen molar-refractivity contribution in [2.45, 2.75) is 37.6 Å². The molecule has 0 aliphatic heterocycles. The maximum absolute atomic E-state index is 13.0. The summed E-state index contributed by atoms with van der Waals surface area (Å²) >= 11 is 0. The van der Waals surface area contributed by atoms with Crippen molar-refractivity contribution >= 4 is 11.6 Å². The third-order valence-corrected chi connectivity index (χ3v) is 4.73. The fourth-order valence-corrected chi connectivity index (χ4v) is 3.40. The molecule has 23 heavy (non-hydrogen) atoms. The van der Waals surface area contributed by atoms with Gasteiger partial charge in [0.15, 0.2) is 5.96 Å². The predicted octanol–water partition coefficient (Wildman–Crippen LogP) is 3.60. The van der Waals surface area contributed by atoms with Crippen molar-refractivity contribution in [2.24, 2.45) is 10.7 Å². The van der Waals surface area contributed by atoms with Crippen LogP contribution >= 0.6 is 0 Å². The zero-order valence-corrected chi connectivity index (χ0v) is 12.9. The topological polar surface area (TPSA) is 50.4 Å². The van der Waals surface area contributed by atoms with Crippen molar-refractivity contribution in [3.05, 3.63) is 65.0 Å². The molecule has 3 N–H and O–H groups in total. The van der Waals surface area contributed by atoms with Gasteiger partial charge in [0.2, 0.25) is 0 Å². The van der Waals surface area contributed by atoms with E-state index in [1.165, 1.54) is 36.1 Å². The first-order valence-electron chi connectivity index (χ1n) is 8.16. The van der Waals surface area contributed by atoms with Crippen molar-refractivity contribution in [1.82, 2.24) is 0 Å². The van der Waals surface area contributed by atoms with Crippen LogP contribution in [-0.4, -0.2) is 12.0 Å². The van der Waals surface area contributed by atoms with Gasteiger partial charge in [-0.1, -0.05) is 18.2 Å². The van der Waals surface area contributed by atoms with E-state index in [-0.39, 0.29) is 11.9 Å². The van der Waals surface area contributed by atoms with Gasteiger partial charge in [0, 0.05) is 11.6 Å². The molecule has 0 aromatic heterocycles. The Morgan fingerprint density at radius 3 is 2.70 bits per heavy atom. The van der Waals surface area contributed by atoms with E-state index in [0.29, 0.717) is 11.9 Å². The highest BCUT2D eigenvalue weighted by atomic mass is 19.1. The van der Waals surface area contributed by atoms with Crippen molar-refractivity contribution < 1.29 is 4.39 Å². The van der Waals surface area contributed by atoms with Crippen LogP contribution in [0.25, 0.3) is 0 Å². The van der Waals surface area contributed by atoms with E-state index in [1.54, 1.807) is 0 Å². The van der Waals surface area contributed by atoms with Crippen molar-refractivity contribution in [2.75, 3.05) is 5.32 Å². The summed E-state index contributed by atoms with van der Waals surface area (Å²) in [6, 6.07) is 13.3. The first kappa shape index (κ1) is 14.2. The first-order chi connectivity index (χ1) is 11.2. The minimum absolute atomic E-state index is 0.197. The van der Waals surface area contributed by atoms with Crippen molar-refractivity contribution in [1.29, 1.82) is 0 Å². The predicted molar refractivity (Wildman–Crippen MR) is 91.3 cm³/mol. The van der Waals surface area contributed by atoms with Crippen LogP contribution < -0.4 is 11.1 Å². The van der Waals surface area contributed by atoms with Crippen LogP contribution in [0.3, 0.4) is 0 Å². The summed E-state index contributed by atoms with van der Waals surface area (Å²) in [5.74, 6) is 0.612. The van der Waals surface area contributed by atoms with E-state index in [9.17, 15) is 4.39 Å². The molecule has 0 unspecified atom stereocenters. The van der Waals surface area contributed by atoms with Crippen LogP contribution in [0.1, 0.15) is 35.4 Å². The zero-order valence-electron chi connectivity index (χ0n) is 12.9. The van der Waals surface area contributed by atoms with Gasteiger partial charge in [-0.3, -0.25) is 0 Å². The number of aryl methyl sites for hydroxylation is 2. The lowest BCUT2D eigenvalue weighted by atomic mass is 10.1. The minimum Gasteiger partial charge on any atom is -0.370 e. The molecule has 2 aromatic carbocycles. The van der Waals surface area contributed by atoms with E-state index in [2.05, 4.69) is 28.5 Å². The zero-order chi connectivity index (χ0) is 15.8. The second kappa shape index (κ2) is 5.69. The average molecular weight is 309 g/mol. The highest BCUT2D eigenvalue weighted by Crippen LogP contribution is 2.43. The monoisotopic (exact) mass is 309 g/mol. The molecule has 2 aromatic rings. The summed E-state index contributed by atoms with van der Waals surface area (Å²) in [7, 11) is 0. The van der Waals surface area contributed by atoms with Gasteiger partial charge in [0.05, 0.1) is 6.04 Å². The lowest BCUT2D eigenvalue weighted by molar-refractivity contribution is 0.627. The number of aliphatic imine (C=N–C) groups is 1. The summed E-state index contributed by atoms with van der Waals surface area (Å²) in [6.45, 7) is 0. The quantitative estimate of drug-likeness (QED) is 0.672. The van der Waals surface area contributed by atoms with E-state index >= 15 is 0 Å². The van der Waals surface area contributed by atoms with E-state index in [4.69, 9.17) is 5.73 Å². The fraction of sp³-hybridized carbons (Fsp3) is 0.316. The molecule has 4 heteroatoms. The molecule has 0 amide bonds. The van der Waals surface area contributed by atoms with Gasteiger partial charge < -0.3 is 11.1 Å². The second-order valence-corrected chi connectivity index (χ2v) is 6.44. The molecule has 1 saturated carbocycles. The molecule has 0 radical (unpaired) electrons. The van der Waals surface area contributed by atoms with Crippen LogP contribution in [0.2, 0.25) is 0 Å². The Hall–Kier alpha value is -2.36. The Balaban J connectivity index is 1.41. The van der Waals surface area contributed by atoms with Crippen LogP contribution in [0.5, 0.6) is 0 Å². The molecule has 2 atom stereocenters. The van der Waals surface area contributed by atoms with Gasteiger partial charge in [-0.05, 0) is 66.6 Å². The molecule has 2 aliphatic carbocycles. The molecule has 2 aliphatic rings. The Morgan fingerprint density at radius 1 is 1.09 bits per heavy atom. The largest absolute Gasteiger partial charge is 0.370 e. The van der Waals surface area contributed by atoms with Crippen molar-refractivity contribution in [3.63, 3.8) is 0 Å². The third-order valence-electron chi connectivity index (χ3n) is 4.73. The number of fused-ring (bicyclic) bond motifs is 1. The van der Waals surface area contributed by atoms with Gasteiger partial charge in [0.25, 0.3) is 0 Å². The maximum atomic E-state index is 13.0. The van der Waals surface area contributed by atoms with Gasteiger partial charge in [0.1, 0.15) is 5.82 Å². The molecule has 4 rings (SSSR count). The molecular weight excluding hydrogens is 289 g/mol. The highest BCUT2D eigenvalue weighted by Gasteiger charge is 2.38. The number of rotatable bonds is 3. The third kappa shape index (κ3) is 3.07. The highest BCUT2D eigenvalue weighted by molar-refractivity contribution is 5.92. The minimum atomic E-state index is -0.202. The molecule has 3 nitrogen and oxygen atoms in total. The molecule has 0 heterocycles. The number of hydrogen-bond acceptors (Lipinski definition) is 1. The Bertz CT molecular complexity index is 752. The van der Waals surface area contributed by atoms with Crippen molar-refractivity contribution in [3.8, 4) is 0 Å². The number of nitrogens with one attached hydrogen (secondary N) is 1. The van der Waals surface area contributed by atoms with Crippen LogP contribution in [0, 0.1) is 5.82 Å².